The summed E-state index contributed by atoms with van der Waals surface area (Å²) in [5.74, 6) is 0. The third-order valence-corrected chi connectivity index (χ3v) is 5.37. The first-order valence-electron chi connectivity index (χ1n) is 11.6. The van der Waals surface area contributed by atoms with Gasteiger partial charge in [-0.2, -0.15) is 0 Å². The Kier molecular flexibility index (Phi) is 14.7. The van der Waals surface area contributed by atoms with Crippen molar-refractivity contribution in [3.8, 4) is 0 Å². The molecule has 0 fully saturated rings. The smallest absolute Gasteiger partial charge is 0.231 e. The minimum atomic E-state index is 0. The SMILES string of the molecule is Cc1cccc(C)[n+]1O.Cc1cccc(C)[n+]1O.Cc1cccc(C)[n+]1O.Cc1cccc(C)[n+]1O.[Pd]. The molecule has 0 atom stereocenters. The number of hydrogen-bond donors (Lipinski definition) is 4. The van der Waals surface area contributed by atoms with Crippen LogP contribution in [0.2, 0.25) is 0 Å². The van der Waals surface area contributed by atoms with Crippen LogP contribution in [0.4, 0.5) is 0 Å². The fourth-order valence-corrected chi connectivity index (χ4v) is 2.98. The zero-order valence-corrected chi connectivity index (χ0v) is 24.4. The van der Waals surface area contributed by atoms with Crippen LogP contribution in [0.25, 0.3) is 0 Å². The van der Waals surface area contributed by atoms with Gasteiger partial charge in [-0.25, -0.2) is 0 Å². The van der Waals surface area contributed by atoms with Crippen molar-refractivity contribution in [2.24, 2.45) is 0 Å². The van der Waals surface area contributed by atoms with E-state index in [1.54, 1.807) is 0 Å². The number of hydrogen-bond acceptors (Lipinski definition) is 4. The second kappa shape index (κ2) is 16.3. The number of pyridine rings is 4. The molecule has 0 unspecified atom stereocenters. The second-order valence-corrected chi connectivity index (χ2v) is 8.48. The number of aryl methyl sites for hydroxylation is 8. The topological polar surface area (TPSA) is 96.4 Å². The molecule has 0 aromatic carbocycles. The van der Waals surface area contributed by atoms with Crippen LogP contribution < -0.4 is 18.9 Å². The van der Waals surface area contributed by atoms with Crippen molar-refractivity contribution in [1.29, 1.82) is 0 Å². The largest absolute Gasteiger partial charge is 0.285 e. The molecule has 0 spiro atoms. The molecular weight excluding hydrogens is 563 g/mol. The molecule has 0 aliphatic rings. The van der Waals surface area contributed by atoms with Gasteiger partial charge in [0.05, 0.1) is 0 Å². The Morgan fingerprint density at radius 2 is 0.432 bits per heavy atom. The molecule has 4 heterocycles. The van der Waals surface area contributed by atoms with Gasteiger partial charge >= 0.3 is 0 Å². The molecule has 4 aromatic heterocycles. The molecule has 0 amide bonds. The van der Waals surface area contributed by atoms with Crippen LogP contribution >= 0.6 is 0 Å². The molecule has 9 heteroatoms. The molecule has 202 valence electrons. The minimum absolute atomic E-state index is 0. The molecular formula is C28H40N4O4Pd+4. The molecule has 37 heavy (non-hydrogen) atoms. The number of rotatable bonds is 0. The van der Waals surface area contributed by atoms with E-state index in [4.69, 9.17) is 20.8 Å². The molecule has 0 saturated heterocycles. The van der Waals surface area contributed by atoms with E-state index >= 15 is 0 Å². The van der Waals surface area contributed by atoms with Gasteiger partial charge in [0.1, 0.15) is 0 Å². The van der Waals surface area contributed by atoms with Gasteiger partial charge in [-0.05, 0) is 24.3 Å². The Labute approximate surface area is 233 Å². The Hall–Kier alpha value is -3.54. The van der Waals surface area contributed by atoms with Gasteiger partial charge in [-0.3, -0.25) is 20.8 Å². The van der Waals surface area contributed by atoms with E-state index in [9.17, 15) is 0 Å². The predicted molar refractivity (Wildman–Crippen MR) is 133 cm³/mol. The van der Waals surface area contributed by atoms with Gasteiger partial charge in [0.15, 0.2) is 0 Å². The van der Waals surface area contributed by atoms with Gasteiger partial charge in [0.25, 0.3) is 0 Å². The molecule has 8 nitrogen and oxygen atoms in total. The molecule has 0 aliphatic heterocycles. The first-order chi connectivity index (χ1) is 16.9. The van der Waals surface area contributed by atoms with Crippen molar-refractivity contribution in [2.45, 2.75) is 55.4 Å². The van der Waals surface area contributed by atoms with Crippen molar-refractivity contribution in [1.82, 2.24) is 0 Å². The molecule has 4 aromatic rings. The summed E-state index contributed by atoms with van der Waals surface area (Å²) in [6.45, 7) is 14.8. The van der Waals surface area contributed by atoms with E-state index < -0.39 is 0 Å². The molecule has 0 saturated carbocycles. The van der Waals surface area contributed by atoms with E-state index in [2.05, 4.69) is 0 Å². The van der Waals surface area contributed by atoms with Gasteiger partial charge in [-0.15, -0.1) is 0 Å². The molecule has 4 rings (SSSR count). The average molecular weight is 603 g/mol. The molecule has 0 bridgehead atoms. The number of aromatic nitrogens is 4. The van der Waals surface area contributed by atoms with E-state index in [-0.39, 0.29) is 20.4 Å². The van der Waals surface area contributed by atoms with Gasteiger partial charge in [0.2, 0.25) is 45.6 Å². The summed E-state index contributed by atoms with van der Waals surface area (Å²) in [5.41, 5.74) is 6.85. The van der Waals surface area contributed by atoms with Crippen LogP contribution in [-0.4, -0.2) is 20.8 Å². The van der Waals surface area contributed by atoms with E-state index in [1.807, 2.05) is 128 Å². The third kappa shape index (κ3) is 10.9. The predicted octanol–water partition coefficient (Wildman–Crippen LogP) is 3.31. The first kappa shape index (κ1) is 33.5. The quantitative estimate of drug-likeness (QED) is 0.141. The van der Waals surface area contributed by atoms with Crippen LogP contribution in [0.15, 0.2) is 72.8 Å². The summed E-state index contributed by atoms with van der Waals surface area (Å²) in [6, 6.07) is 22.5. The summed E-state index contributed by atoms with van der Waals surface area (Å²) in [7, 11) is 0. The summed E-state index contributed by atoms with van der Waals surface area (Å²) in [4.78, 5) is 0. The van der Waals surface area contributed by atoms with Crippen LogP contribution in [0.5, 0.6) is 0 Å². The summed E-state index contributed by atoms with van der Waals surface area (Å²) in [6.07, 6.45) is 0. The Morgan fingerprint density at radius 1 is 0.324 bits per heavy atom. The van der Waals surface area contributed by atoms with Crippen LogP contribution in [-0.2, 0) is 20.4 Å². The van der Waals surface area contributed by atoms with Gasteiger partial charge in [-0.1, -0.05) is 0 Å². The molecule has 4 N–H and O–H groups in total. The minimum Gasteiger partial charge on any atom is -0.285 e. The first-order valence-corrected chi connectivity index (χ1v) is 11.6. The van der Waals surface area contributed by atoms with Crippen molar-refractivity contribution in [3.05, 3.63) is 118 Å². The van der Waals surface area contributed by atoms with Crippen molar-refractivity contribution in [2.75, 3.05) is 0 Å². The summed E-state index contributed by atoms with van der Waals surface area (Å²) < 4.78 is 4.67. The Balaban J connectivity index is 0.000000463. The van der Waals surface area contributed by atoms with E-state index in [0.717, 1.165) is 45.6 Å². The van der Waals surface area contributed by atoms with Crippen LogP contribution in [0.1, 0.15) is 45.6 Å². The average Bonchev–Trinajstić information content (AvgIpc) is 2.84. The maximum absolute atomic E-state index is 9.12. The Morgan fingerprint density at radius 3 is 0.514 bits per heavy atom. The summed E-state index contributed by atoms with van der Waals surface area (Å²) >= 11 is 0. The van der Waals surface area contributed by atoms with Crippen molar-refractivity contribution >= 4 is 0 Å². The standard InChI is InChI=1S/4C7H10NO.Pd/c4*1-6-4-3-5-7(2)8(6)9;/h4*3-5,9H,1-2H3;/q4*+1;. The van der Waals surface area contributed by atoms with Crippen molar-refractivity contribution in [3.63, 3.8) is 0 Å². The fraction of sp³-hybridized carbons (Fsp3) is 0.286. The normalized spacial score (nSPS) is 9.30. The maximum Gasteiger partial charge on any atom is 0.231 e. The number of nitrogens with zero attached hydrogens (tertiary/aromatic N) is 4. The maximum atomic E-state index is 9.12. The third-order valence-electron chi connectivity index (χ3n) is 5.37. The van der Waals surface area contributed by atoms with Gasteiger partial charge < -0.3 is 0 Å². The zero-order valence-electron chi connectivity index (χ0n) is 22.8. The van der Waals surface area contributed by atoms with Crippen molar-refractivity contribution < 1.29 is 60.2 Å². The molecule has 0 radical (unpaired) electrons. The Bertz CT molecular complexity index is 1000. The second-order valence-electron chi connectivity index (χ2n) is 8.48. The summed E-state index contributed by atoms with van der Waals surface area (Å²) in [5, 5.41) is 36.5. The monoisotopic (exact) mass is 602 g/mol. The van der Waals surface area contributed by atoms with E-state index in [0.29, 0.717) is 0 Å². The van der Waals surface area contributed by atoms with Gasteiger partial charge in [0, 0.05) is 143 Å². The fourth-order valence-electron chi connectivity index (χ4n) is 2.98. The zero-order chi connectivity index (χ0) is 27.4. The van der Waals surface area contributed by atoms with Crippen LogP contribution in [0, 0.1) is 55.4 Å². The molecule has 0 aliphatic carbocycles. The van der Waals surface area contributed by atoms with E-state index in [1.165, 1.54) is 18.9 Å². The van der Waals surface area contributed by atoms with Crippen LogP contribution in [0.3, 0.4) is 0 Å².